The summed E-state index contributed by atoms with van der Waals surface area (Å²) in [5.41, 5.74) is 0. The Morgan fingerprint density at radius 1 is 1.67 bits per heavy atom. The fourth-order valence-electron chi connectivity index (χ4n) is 2.14. The summed E-state index contributed by atoms with van der Waals surface area (Å²) in [6.45, 7) is 3.76. The van der Waals surface area contributed by atoms with Crippen LogP contribution >= 0.6 is 0 Å². The van der Waals surface area contributed by atoms with Gasteiger partial charge in [-0.15, -0.1) is 0 Å². The first-order chi connectivity index (χ1) is 5.63. The highest BCUT2D eigenvalue weighted by Crippen LogP contribution is 2.39. The van der Waals surface area contributed by atoms with Crippen molar-refractivity contribution >= 4 is 5.91 Å². The first-order valence-electron chi connectivity index (χ1n) is 4.31. The topological polar surface area (TPSA) is 40.5 Å². The lowest BCUT2D eigenvalue weighted by atomic mass is 9.79. The Hall–Kier alpha value is -0.830. The number of carbonyl (C=O) groups is 1. The van der Waals surface area contributed by atoms with Gasteiger partial charge in [0.25, 0.3) is 0 Å². The molecule has 0 aromatic heterocycles. The smallest absolute Gasteiger partial charge is 0.234 e. The number of nitrogens with zero attached hydrogens (tertiary/aromatic N) is 1. The first kappa shape index (κ1) is 7.80. The van der Waals surface area contributed by atoms with Gasteiger partial charge in [0, 0.05) is 6.20 Å². The second-order valence-corrected chi connectivity index (χ2v) is 3.70. The van der Waals surface area contributed by atoms with Gasteiger partial charge in [-0.05, 0) is 12.8 Å². The zero-order chi connectivity index (χ0) is 8.88. The van der Waals surface area contributed by atoms with E-state index in [4.69, 9.17) is 0 Å². The molecule has 4 atom stereocenters. The minimum atomic E-state index is -0.513. The van der Waals surface area contributed by atoms with Crippen molar-refractivity contribution in [2.24, 2.45) is 11.8 Å². The Balaban J connectivity index is 2.17. The highest BCUT2D eigenvalue weighted by atomic mass is 16.3. The van der Waals surface area contributed by atoms with E-state index in [2.05, 4.69) is 6.92 Å². The molecule has 0 radical (unpaired) electrons. The van der Waals surface area contributed by atoms with Crippen molar-refractivity contribution in [1.82, 2.24) is 4.90 Å². The molecule has 3 heteroatoms. The summed E-state index contributed by atoms with van der Waals surface area (Å²) in [7, 11) is 0. The second kappa shape index (κ2) is 2.33. The van der Waals surface area contributed by atoms with Crippen LogP contribution in [0.15, 0.2) is 12.3 Å². The van der Waals surface area contributed by atoms with Crippen LogP contribution < -0.4 is 0 Å². The van der Waals surface area contributed by atoms with Gasteiger partial charge in [0.2, 0.25) is 5.91 Å². The third kappa shape index (κ3) is 0.771. The number of carbonyl (C=O) groups excluding carboxylic acids is 1. The molecule has 2 unspecified atom stereocenters. The predicted molar refractivity (Wildman–Crippen MR) is 44.1 cm³/mol. The Labute approximate surface area is 71.7 Å². The molecule has 3 nitrogen and oxygen atoms in total. The summed E-state index contributed by atoms with van der Waals surface area (Å²) < 4.78 is 0. The van der Waals surface area contributed by atoms with Crippen LogP contribution in [0.5, 0.6) is 0 Å². The third-order valence-electron chi connectivity index (χ3n) is 2.84. The van der Waals surface area contributed by atoms with Crippen LogP contribution in [-0.2, 0) is 4.79 Å². The van der Waals surface area contributed by atoms with Crippen LogP contribution in [0.3, 0.4) is 0 Å². The third-order valence-corrected chi connectivity index (χ3v) is 2.84. The highest BCUT2D eigenvalue weighted by molar-refractivity contribution is 5.88. The average molecular weight is 167 g/mol. The number of fused-ring (bicyclic) bond motifs is 1. The molecule has 2 rings (SSSR count). The van der Waals surface area contributed by atoms with Crippen LogP contribution in [0.1, 0.15) is 13.8 Å². The molecule has 12 heavy (non-hydrogen) atoms. The molecule has 1 saturated heterocycles. The van der Waals surface area contributed by atoms with Gasteiger partial charge >= 0.3 is 0 Å². The molecule has 66 valence electrons. The highest BCUT2D eigenvalue weighted by Gasteiger charge is 2.52. The number of amides is 1. The van der Waals surface area contributed by atoms with E-state index in [1.165, 1.54) is 0 Å². The van der Waals surface area contributed by atoms with Crippen LogP contribution in [0.25, 0.3) is 0 Å². The molecule has 0 aromatic rings. The molecular formula is C9H13NO2. The Kier molecular flexibility index (Phi) is 1.51. The molecule has 2 aliphatic rings. The zero-order valence-electron chi connectivity index (χ0n) is 7.27. The SMILES string of the molecule is CC(O)C1C(=O)N2C=C[C@@H](C)[C@H]12. The van der Waals surface area contributed by atoms with Crippen LogP contribution in [-0.4, -0.2) is 28.1 Å². The molecule has 2 aliphatic heterocycles. The fraction of sp³-hybridized carbons (Fsp3) is 0.667. The van der Waals surface area contributed by atoms with E-state index in [1.807, 2.05) is 12.3 Å². The van der Waals surface area contributed by atoms with Gasteiger partial charge in [-0.1, -0.05) is 13.0 Å². The summed E-state index contributed by atoms with van der Waals surface area (Å²) in [5, 5.41) is 9.33. The zero-order valence-corrected chi connectivity index (χ0v) is 7.27. The molecule has 0 spiro atoms. The number of aliphatic hydroxyl groups is 1. The minimum absolute atomic E-state index is 0.0654. The number of hydrogen-bond donors (Lipinski definition) is 1. The quantitative estimate of drug-likeness (QED) is 0.573. The van der Waals surface area contributed by atoms with E-state index < -0.39 is 6.10 Å². The minimum Gasteiger partial charge on any atom is -0.393 e. The molecule has 0 saturated carbocycles. The molecule has 0 aromatic carbocycles. The lowest BCUT2D eigenvalue weighted by Gasteiger charge is -2.45. The van der Waals surface area contributed by atoms with Gasteiger partial charge in [0.05, 0.1) is 18.1 Å². The van der Waals surface area contributed by atoms with Crippen LogP contribution in [0.4, 0.5) is 0 Å². The maximum absolute atomic E-state index is 11.3. The fourth-order valence-corrected chi connectivity index (χ4v) is 2.14. The van der Waals surface area contributed by atoms with Crippen LogP contribution in [0.2, 0.25) is 0 Å². The molecule has 0 aliphatic carbocycles. The molecule has 1 N–H and O–H groups in total. The predicted octanol–water partition coefficient (Wildman–Crippen LogP) is 0.358. The van der Waals surface area contributed by atoms with E-state index >= 15 is 0 Å². The van der Waals surface area contributed by atoms with Crippen molar-refractivity contribution < 1.29 is 9.90 Å². The monoisotopic (exact) mass is 167 g/mol. The van der Waals surface area contributed by atoms with Gasteiger partial charge in [-0.2, -0.15) is 0 Å². The molecule has 0 bridgehead atoms. The second-order valence-electron chi connectivity index (χ2n) is 3.70. The Bertz CT molecular complexity index is 247. The van der Waals surface area contributed by atoms with Crippen molar-refractivity contribution in [1.29, 1.82) is 0 Å². The van der Waals surface area contributed by atoms with Gasteiger partial charge in [0.15, 0.2) is 0 Å². The van der Waals surface area contributed by atoms with Gasteiger partial charge in [0.1, 0.15) is 0 Å². The standard InChI is InChI=1S/C9H13NO2/c1-5-3-4-10-8(5)7(6(2)11)9(10)12/h3-8,11H,1-2H3/t5-,6?,7?,8-/m1/s1. The summed E-state index contributed by atoms with van der Waals surface area (Å²) >= 11 is 0. The number of hydrogen-bond acceptors (Lipinski definition) is 2. The van der Waals surface area contributed by atoms with Crippen molar-refractivity contribution in [3.05, 3.63) is 12.3 Å². The Morgan fingerprint density at radius 3 is 2.92 bits per heavy atom. The summed E-state index contributed by atoms with van der Waals surface area (Å²) in [6.07, 6.45) is 3.34. The molecule has 2 heterocycles. The normalized spacial score (nSPS) is 41.1. The van der Waals surface area contributed by atoms with E-state index in [0.717, 1.165) is 0 Å². The number of rotatable bonds is 1. The van der Waals surface area contributed by atoms with E-state index in [1.54, 1.807) is 11.8 Å². The molecular weight excluding hydrogens is 154 g/mol. The van der Waals surface area contributed by atoms with Crippen molar-refractivity contribution in [2.45, 2.75) is 26.0 Å². The van der Waals surface area contributed by atoms with E-state index in [9.17, 15) is 9.90 Å². The molecule has 1 amide bonds. The van der Waals surface area contributed by atoms with E-state index in [0.29, 0.717) is 5.92 Å². The summed E-state index contributed by atoms with van der Waals surface area (Å²) in [6, 6.07) is 0.220. The van der Waals surface area contributed by atoms with Gasteiger partial charge < -0.3 is 10.0 Å². The lowest BCUT2D eigenvalue weighted by molar-refractivity contribution is -0.158. The lowest BCUT2D eigenvalue weighted by Crippen LogP contribution is -2.61. The summed E-state index contributed by atoms with van der Waals surface area (Å²) in [4.78, 5) is 13.1. The largest absolute Gasteiger partial charge is 0.393 e. The van der Waals surface area contributed by atoms with Crippen LogP contribution in [0, 0.1) is 11.8 Å². The molecule has 1 fully saturated rings. The first-order valence-corrected chi connectivity index (χ1v) is 4.31. The van der Waals surface area contributed by atoms with Crippen molar-refractivity contribution in [3.8, 4) is 0 Å². The number of β-lactam (4-membered cyclic amide) rings is 1. The average Bonchev–Trinajstić information content (AvgIpc) is 2.27. The van der Waals surface area contributed by atoms with E-state index in [-0.39, 0.29) is 17.9 Å². The summed E-state index contributed by atoms with van der Waals surface area (Å²) in [5.74, 6) is 0.285. The van der Waals surface area contributed by atoms with Gasteiger partial charge in [-0.3, -0.25) is 4.79 Å². The Morgan fingerprint density at radius 2 is 2.33 bits per heavy atom. The maximum Gasteiger partial charge on any atom is 0.234 e. The van der Waals surface area contributed by atoms with Crippen molar-refractivity contribution in [2.75, 3.05) is 0 Å². The maximum atomic E-state index is 11.3. The number of aliphatic hydroxyl groups excluding tert-OH is 1. The van der Waals surface area contributed by atoms with Gasteiger partial charge in [-0.25, -0.2) is 0 Å². The van der Waals surface area contributed by atoms with Crippen molar-refractivity contribution in [3.63, 3.8) is 0 Å².